The third kappa shape index (κ3) is 4.65. The number of rotatable bonds is 7. The summed E-state index contributed by atoms with van der Waals surface area (Å²) in [6, 6.07) is 15.6. The Morgan fingerprint density at radius 2 is 1.81 bits per heavy atom. The molecule has 0 atom stereocenters. The first-order valence-electron chi connectivity index (χ1n) is 10.4. The van der Waals surface area contributed by atoms with Gasteiger partial charge in [-0.05, 0) is 72.5 Å². The lowest BCUT2D eigenvalue weighted by Gasteiger charge is -2.10. The maximum atomic E-state index is 6.23. The molecule has 32 heavy (non-hydrogen) atoms. The van der Waals surface area contributed by atoms with Crippen LogP contribution in [0, 0.1) is 0 Å². The van der Waals surface area contributed by atoms with Crippen LogP contribution in [0.15, 0.2) is 60.9 Å². The number of hydrogen-bond acceptors (Lipinski definition) is 6. The molecule has 2 aromatic carbocycles. The number of aromatic nitrogens is 3. The predicted molar refractivity (Wildman–Crippen MR) is 127 cm³/mol. The van der Waals surface area contributed by atoms with Crippen molar-refractivity contribution in [3.8, 4) is 11.5 Å². The maximum absolute atomic E-state index is 6.23. The summed E-state index contributed by atoms with van der Waals surface area (Å²) < 4.78 is 10.8. The number of anilines is 1. The molecule has 1 aliphatic rings. The van der Waals surface area contributed by atoms with E-state index in [9.17, 15) is 0 Å². The summed E-state index contributed by atoms with van der Waals surface area (Å²) in [5.41, 5.74) is 3.09. The van der Waals surface area contributed by atoms with Gasteiger partial charge < -0.3 is 14.8 Å². The standard InChI is InChI=1S/C25H21ClN4O2/c26-19-5-6-21-20(15-19)25(28-11-1-2-17-9-12-27-13-10-17)30-24(29-21)8-4-18-3-7-22-23(14-18)32-16-31-22/h3-10,12-15H,1-2,11,16H2,(H,28,29,30)/b8-4+. The number of hydrogen-bond donors (Lipinski definition) is 1. The van der Waals surface area contributed by atoms with Crippen molar-refractivity contribution < 1.29 is 9.47 Å². The quantitative estimate of drug-likeness (QED) is 0.373. The first-order valence-corrected chi connectivity index (χ1v) is 10.8. The predicted octanol–water partition coefficient (Wildman–Crippen LogP) is 5.62. The highest BCUT2D eigenvalue weighted by atomic mass is 35.5. The number of ether oxygens (including phenoxy) is 2. The van der Waals surface area contributed by atoms with Crippen molar-refractivity contribution in [1.29, 1.82) is 0 Å². The fourth-order valence-corrected chi connectivity index (χ4v) is 3.74. The van der Waals surface area contributed by atoms with E-state index < -0.39 is 0 Å². The van der Waals surface area contributed by atoms with Crippen LogP contribution < -0.4 is 14.8 Å². The molecule has 7 heteroatoms. The first kappa shape index (κ1) is 20.3. The van der Waals surface area contributed by atoms with Crippen LogP contribution in [0.1, 0.15) is 23.4 Å². The highest BCUT2D eigenvalue weighted by Crippen LogP contribution is 2.33. The molecule has 0 radical (unpaired) electrons. The van der Waals surface area contributed by atoms with Crippen LogP contribution >= 0.6 is 11.6 Å². The molecular weight excluding hydrogens is 424 g/mol. The molecule has 0 bridgehead atoms. The molecule has 1 N–H and O–H groups in total. The van der Waals surface area contributed by atoms with Crippen LogP contribution in [0.3, 0.4) is 0 Å². The van der Waals surface area contributed by atoms with Crippen molar-refractivity contribution >= 4 is 40.5 Å². The first-order chi connectivity index (χ1) is 15.7. The van der Waals surface area contributed by atoms with Gasteiger partial charge in [0.05, 0.1) is 5.52 Å². The average molecular weight is 445 g/mol. The largest absolute Gasteiger partial charge is 0.454 e. The van der Waals surface area contributed by atoms with Gasteiger partial charge in [0.2, 0.25) is 6.79 Å². The number of aryl methyl sites for hydroxylation is 1. The van der Waals surface area contributed by atoms with Crippen molar-refractivity contribution in [2.24, 2.45) is 0 Å². The highest BCUT2D eigenvalue weighted by molar-refractivity contribution is 6.31. The summed E-state index contributed by atoms with van der Waals surface area (Å²) in [7, 11) is 0. The van der Waals surface area contributed by atoms with Gasteiger partial charge in [-0.3, -0.25) is 4.98 Å². The molecule has 0 saturated carbocycles. The van der Waals surface area contributed by atoms with Crippen molar-refractivity contribution in [3.63, 3.8) is 0 Å². The Hall–Kier alpha value is -3.64. The van der Waals surface area contributed by atoms with Crippen molar-refractivity contribution in [2.45, 2.75) is 12.8 Å². The van der Waals surface area contributed by atoms with Gasteiger partial charge in [-0.2, -0.15) is 0 Å². The fraction of sp³-hybridized carbons (Fsp3) is 0.160. The van der Waals surface area contributed by atoms with Gasteiger partial charge in [0, 0.05) is 29.3 Å². The third-order valence-electron chi connectivity index (χ3n) is 5.18. The summed E-state index contributed by atoms with van der Waals surface area (Å²) in [6.07, 6.45) is 9.44. The molecule has 1 aliphatic heterocycles. The lowest BCUT2D eigenvalue weighted by atomic mass is 10.1. The highest BCUT2D eigenvalue weighted by Gasteiger charge is 2.12. The monoisotopic (exact) mass is 444 g/mol. The molecule has 3 heterocycles. The fourth-order valence-electron chi connectivity index (χ4n) is 3.56. The second-order valence-corrected chi connectivity index (χ2v) is 7.86. The Bertz CT molecular complexity index is 1280. The van der Waals surface area contributed by atoms with Crippen LogP contribution in [-0.2, 0) is 6.42 Å². The molecule has 0 spiro atoms. The smallest absolute Gasteiger partial charge is 0.231 e. The summed E-state index contributed by atoms with van der Waals surface area (Å²) in [6.45, 7) is 1.04. The van der Waals surface area contributed by atoms with Gasteiger partial charge in [0.25, 0.3) is 0 Å². The van der Waals surface area contributed by atoms with Gasteiger partial charge in [-0.1, -0.05) is 23.7 Å². The molecule has 5 rings (SSSR count). The van der Waals surface area contributed by atoms with Crippen LogP contribution in [0.25, 0.3) is 23.1 Å². The lowest BCUT2D eigenvalue weighted by Crippen LogP contribution is -2.07. The number of benzene rings is 2. The molecule has 0 aliphatic carbocycles. The SMILES string of the molecule is Clc1ccc2nc(/C=C/c3ccc4c(c3)OCO4)nc(NCCCc3ccncc3)c2c1. The van der Waals surface area contributed by atoms with Crippen LogP contribution in [0.5, 0.6) is 11.5 Å². The minimum absolute atomic E-state index is 0.259. The van der Waals surface area contributed by atoms with E-state index in [0.29, 0.717) is 10.8 Å². The van der Waals surface area contributed by atoms with Crippen molar-refractivity contribution in [1.82, 2.24) is 15.0 Å². The zero-order chi connectivity index (χ0) is 21.8. The van der Waals surface area contributed by atoms with Gasteiger partial charge in [-0.25, -0.2) is 9.97 Å². The molecular formula is C25H21ClN4O2. The molecule has 0 amide bonds. The van der Waals surface area contributed by atoms with Crippen molar-refractivity contribution in [3.05, 3.63) is 82.9 Å². The second-order valence-electron chi connectivity index (χ2n) is 7.42. The normalized spacial score (nSPS) is 12.5. The molecule has 0 fully saturated rings. The number of nitrogens with one attached hydrogen (secondary N) is 1. The Morgan fingerprint density at radius 3 is 2.72 bits per heavy atom. The topological polar surface area (TPSA) is 69.2 Å². The zero-order valence-electron chi connectivity index (χ0n) is 17.3. The molecule has 2 aromatic heterocycles. The molecule has 4 aromatic rings. The van der Waals surface area contributed by atoms with E-state index in [0.717, 1.165) is 53.2 Å². The van der Waals surface area contributed by atoms with E-state index in [2.05, 4.69) is 15.3 Å². The zero-order valence-corrected chi connectivity index (χ0v) is 18.0. The number of nitrogens with zero attached hydrogens (tertiary/aromatic N) is 3. The lowest BCUT2D eigenvalue weighted by molar-refractivity contribution is 0.174. The Morgan fingerprint density at radius 1 is 0.938 bits per heavy atom. The van der Waals surface area contributed by atoms with Gasteiger partial charge in [-0.15, -0.1) is 0 Å². The maximum Gasteiger partial charge on any atom is 0.231 e. The summed E-state index contributed by atoms with van der Waals surface area (Å²) >= 11 is 6.23. The van der Waals surface area contributed by atoms with E-state index in [-0.39, 0.29) is 6.79 Å². The number of fused-ring (bicyclic) bond motifs is 2. The average Bonchev–Trinajstić information content (AvgIpc) is 3.29. The van der Waals surface area contributed by atoms with Crippen molar-refractivity contribution in [2.75, 3.05) is 18.7 Å². The summed E-state index contributed by atoms with van der Waals surface area (Å²) in [5.74, 6) is 2.91. The van der Waals surface area contributed by atoms with Gasteiger partial charge >= 0.3 is 0 Å². The van der Waals surface area contributed by atoms with Crippen LogP contribution in [0.2, 0.25) is 5.02 Å². The van der Waals surface area contributed by atoms with E-state index in [1.165, 1.54) is 5.56 Å². The molecule has 0 unspecified atom stereocenters. The Kier molecular flexibility index (Phi) is 5.85. The molecule has 6 nitrogen and oxygen atoms in total. The van der Waals surface area contributed by atoms with Crippen LogP contribution in [0.4, 0.5) is 5.82 Å². The van der Waals surface area contributed by atoms with Gasteiger partial charge in [0.1, 0.15) is 5.82 Å². The number of halogens is 1. The van der Waals surface area contributed by atoms with Gasteiger partial charge in [0.15, 0.2) is 17.3 Å². The van der Waals surface area contributed by atoms with E-state index >= 15 is 0 Å². The minimum Gasteiger partial charge on any atom is -0.454 e. The molecule has 160 valence electrons. The Balaban J connectivity index is 1.35. The summed E-state index contributed by atoms with van der Waals surface area (Å²) in [4.78, 5) is 13.5. The minimum atomic E-state index is 0.259. The van der Waals surface area contributed by atoms with E-state index in [1.54, 1.807) is 0 Å². The van der Waals surface area contributed by atoms with E-state index in [4.69, 9.17) is 26.1 Å². The number of pyridine rings is 1. The summed E-state index contributed by atoms with van der Waals surface area (Å²) in [5, 5.41) is 5.02. The van der Waals surface area contributed by atoms with Crippen LogP contribution in [-0.4, -0.2) is 28.3 Å². The van der Waals surface area contributed by atoms with E-state index in [1.807, 2.05) is 73.1 Å². The second kappa shape index (κ2) is 9.24. The third-order valence-corrected chi connectivity index (χ3v) is 5.42. The Labute approximate surface area is 190 Å². The molecule has 0 saturated heterocycles.